The lowest BCUT2D eigenvalue weighted by Gasteiger charge is -2.18. The summed E-state index contributed by atoms with van der Waals surface area (Å²) in [5.41, 5.74) is -1.31. The fourth-order valence-electron chi connectivity index (χ4n) is 2.20. The minimum absolute atomic E-state index is 0.0259. The van der Waals surface area contributed by atoms with Gasteiger partial charge in [0, 0.05) is 5.25 Å². The molecule has 1 saturated carbocycles. The SMILES string of the molecule is CCOC(=O)c1oc(SC2CCCCC2)nc1C(F)(F)F. The smallest absolute Gasteiger partial charge is 0.437 e. The largest absolute Gasteiger partial charge is 0.460 e. The molecular weight excluding hydrogens is 307 g/mol. The summed E-state index contributed by atoms with van der Waals surface area (Å²) in [6.45, 7) is 1.49. The minimum atomic E-state index is -4.74. The predicted molar refractivity (Wildman–Crippen MR) is 70.2 cm³/mol. The van der Waals surface area contributed by atoms with Crippen LogP contribution in [0.5, 0.6) is 0 Å². The van der Waals surface area contributed by atoms with Gasteiger partial charge in [0.2, 0.25) is 5.76 Å². The summed E-state index contributed by atoms with van der Waals surface area (Å²) in [5, 5.41) is 0.0748. The number of carbonyl (C=O) groups excluding carboxylic acids is 1. The molecule has 0 unspecified atom stereocenters. The van der Waals surface area contributed by atoms with E-state index in [2.05, 4.69) is 9.72 Å². The zero-order valence-electron chi connectivity index (χ0n) is 11.5. The van der Waals surface area contributed by atoms with Gasteiger partial charge in [-0.05, 0) is 19.8 Å². The Balaban J connectivity index is 2.20. The second-order valence-corrected chi connectivity index (χ2v) is 6.01. The van der Waals surface area contributed by atoms with Crippen molar-refractivity contribution in [1.29, 1.82) is 0 Å². The molecule has 21 heavy (non-hydrogen) atoms. The Hall–Kier alpha value is -1.18. The van der Waals surface area contributed by atoms with Crippen molar-refractivity contribution in [3.05, 3.63) is 11.5 Å². The number of hydrogen-bond donors (Lipinski definition) is 0. The van der Waals surface area contributed by atoms with E-state index >= 15 is 0 Å². The third-order valence-corrected chi connectivity index (χ3v) is 4.34. The monoisotopic (exact) mass is 323 g/mol. The molecular formula is C13H16F3NO3S. The van der Waals surface area contributed by atoms with E-state index in [4.69, 9.17) is 4.42 Å². The molecule has 0 spiro atoms. The quantitative estimate of drug-likeness (QED) is 0.774. The maximum Gasteiger partial charge on any atom is 0.437 e. The van der Waals surface area contributed by atoms with Gasteiger partial charge in [0.05, 0.1) is 6.61 Å². The normalized spacial score (nSPS) is 17.0. The van der Waals surface area contributed by atoms with E-state index in [9.17, 15) is 18.0 Å². The van der Waals surface area contributed by atoms with E-state index in [1.165, 1.54) is 18.7 Å². The van der Waals surface area contributed by atoms with Gasteiger partial charge in [-0.1, -0.05) is 31.0 Å². The van der Waals surface area contributed by atoms with Crippen LogP contribution in [0, 0.1) is 0 Å². The lowest BCUT2D eigenvalue weighted by atomic mass is 10.0. The molecule has 0 bridgehead atoms. The minimum Gasteiger partial charge on any atom is -0.460 e. The number of carbonyl (C=O) groups is 1. The first kappa shape index (κ1) is 16.2. The fourth-order valence-corrected chi connectivity index (χ4v) is 3.33. The summed E-state index contributed by atoms with van der Waals surface area (Å²) >= 11 is 1.17. The molecule has 0 atom stereocenters. The topological polar surface area (TPSA) is 52.3 Å². The molecule has 0 aliphatic heterocycles. The van der Waals surface area contributed by atoms with Crippen LogP contribution < -0.4 is 0 Å². The lowest BCUT2D eigenvalue weighted by molar-refractivity contribution is -0.141. The molecule has 1 aromatic rings. The van der Waals surface area contributed by atoms with Crippen molar-refractivity contribution in [2.45, 2.75) is 55.7 Å². The molecule has 0 radical (unpaired) electrons. The van der Waals surface area contributed by atoms with Crippen molar-refractivity contribution in [3.63, 3.8) is 0 Å². The van der Waals surface area contributed by atoms with E-state index < -0.39 is 23.6 Å². The van der Waals surface area contributed by atoms with Gasteiger partial charge in [0.15, 0.2) is 5.69 Å². The molecule has 0 N–H and O–H groups in total. The van der Waals surface area contributed by atoms with Crippen molar-refractivity contribution >= 4 is 17.7 Å². The Kier molecular flexibility index (Phi) is 5.18. The van der Waals surface area contributed by atoms with Gasteiger partial charge in [-0.3, -0.25) is 0 Å². The van der Waals surface area contributed by atoms with Gasteiger partial charge in [0.1, 0.15) is 0 Å². The molecule has 8 heteroatoms. The summed E-state index contributed by atoms with van der Waals surface area (Å²) in [7, 11) is 0. The molecule has 1 fully saturated rings. The van der Waals surface area contributed by atoms with Crippen LogP contribution in [-0.2, 0) is 10.9 Å². The Labute approximate surface area is 124 Å². The summed E-state index contributed by atoms with van der Waals surface area (Å²) in [6, 6.07) is 0. The van der Waals surface area contributed by atoms with Crippen molar-refractivity contribution in [3.8, 4) is 0 Å². The van der Waals surface area contributed by atoms with Gasteiger partial charge in [-0.25, -0.2) is 4.79 Å². The van der Waals surface area contributed by atoms with Crippen molar-refractivity contribution in [1.82, 2.24) is 4.98 Å². The number of oxazole rings is 1. The third-order valence-electron chi connectivity index (χ3n) is 3.16. The molecule has 0 amide bonds. The van der Waals surface area contributed by atoms with E-state index in [1.54, 1.807) is 0 Å². The summed E-state index contributed by atoms with van der Waals surface area (Å²) in [4.78, 5) is 15.0. The maximum atomic E-state index is 12.9. The molecule has 1 aliphatic carbocycles. The number of ether oxygens (including phenoxy) is 1. The third kappa shape index (κ3) is 4.15. The zero-order chi connectivity index (χ0) is 15.5. The zero-order valence-corrected chi connectivity index (χ0v) is 12.4. The number of nitrogens with zero attached hydrogens (tertiary/aromatic N) is 1. The van der Waals surface area contributed by atoms with Crippen LogP contribution in [0.2, 0.25) is 0 Å². The first-order valence-electron chi connectivity index (χ1n) is 6.83. The average molecular weight is 323 g/mol. The van der Waals surface area contributed by atoms with Gasteiger partial charge < -0.3 is 9.15 Å². The molecule has 1 aromatic heterocycles. The highest BCUT2D eigenvalue weighted by atomic mass is 32.2. The molecule has 4 nitrogen and oxygen atoms in total. The van der Waals surface area contributed by atoms with E-state index in [-0.39, 0.29) is 17.1 Å². The standard InChI is InChI=1S/C13H16F3NO3S/c1-2-19-11(18)9-10(13(14,15)16)17-12(20-9)21-8-6-4-3-5-7-8/h8H,2-7H2,1H3. The molecule has 2 rings (SSSR count). The summed E-state index contributed by atoms with van der Waals surface area (Å²) < 4.78 is 48.3. The van der Waals surface area contributed by atoms with Gasteiger partial charge in [-0.15, -0.1) is 0 Å². The van der Waals surface area contributed by atoms with Gasteiger partial charge >= 0.3 is 12.1 Å². The Morgan fingerprint density at radius 3 is 2.62 bits per heavy atom. The van der Waals surface area contributed by atoms with Crippen LogP contribution in [-0.4, -0.2) is 22.8 Å². The van der Waals surface area contributed by atoms with Gasteiger partial charge in [0.25, 0.3) is 5.22 Å². The number of hydrogen-bond acceptors (Lipinski definition) is 5. The molecule has 0 saturated heterocycles. The Morgan fingerprint density at radius 1 is 1.38 bits per heavy atom. The number of halogens is 3. The lowest BCUT2D eigenvalue weighted by Crippen LogP contribution is -2.14. The summed E-state index contributed by atoms with van der Waals surface area (Å²) in [6.07, 6.45) is 0.345. The van der Waals surface area contributed by atoms with Crippen LogP contribution in [0.4, 0.5) is 13.2 Å². The van der Waals surface area contributed by atoms with Crippen molar-refractivity contribution in [2.24, 2.45) is 0 Å². The van der Waals surface area contributed by atoms with Crippen molar-refractivity contribution in [2.75, 3.05) is 6.61 Å². The maximum absolute atomic E-state index is 12.9. The highest BCUT2D eigenvalue weighted by Gasteiger charge is 2.42. The molecule has 1 aliphatic rings. The second-order valence-electron chi connectivity index (χ2n) is 4.75. The fraction of sp³-hybridized carbons (Fsp3) is 0.692. The average Bonchev–Trinajstić information content (AvgIpc) is 2.84. The molecule has 0 aromatic carbocycles. The highest BCUT2D eigenvalue weighted by Crippen LogP contribution is 2.38. The first-order chi connectivity index (χ1) is 9.91. The second kappa shape index (κ2) is 6.72. The van der Waals surface area contributed by atoms with Crippen LogP contribution in [0.1, 0.15) is 55.3 Å². The Morgan fingerprint density at radius 2 is 2.05 bits per heavy atom. The van der Waals surface area contributed by atoms with Crippen LogP contribution >= 0.6 is 11.8 Å². The van der Waals surface area contributed by atoms with Gasteiger partial charge in [-0.2, -0.15) is 18.2 Å². The van der Waals surface area contributed by atoms with Crippen LogP contribution in [0.3, 0.4) is 0 Å². The number of thioether (sulfide) groups is 1. The summed E-state index contributed by atoms with van der Waals surface area (Å²) in [5.74, 6) is -1.99. The van der Waals surface area contributed by atoms with Crippen LogP contribution in [0.25, 0.3) is 0 Å². The van der Waals surface area contributed by atoms with E-state index in [0.29, 0.717) is 0 Å². The van der Waals surface area contributed by atoms with Crippen LogP contribution in [0.15, 0.2) is 9.64 Å². The van der Waals surface area contributed by atoms with E-state index in [0.717, 1.165) is 32.1 Å². The number of esters is 1. The van der Waals surface area contributed by atoms with E-state index in [1.807, 2.05) is 0 Å². The highest BCUT2D eigenvalue weighted by molar-refractivity contribution is 7.99. The molecule has 1 heterocycles. The first-order valence-corrected chi connectivity index (χ1v) is 7.71. The van der Waals surface area contributed by atoms with Crippen molar-refractivity contribution < 1.29 is 27.1 Å². The molecule has 118 valence electrons. The number of alkyl halides is 3. The Bertz CT molecular complexity index is 495. The number of rotatable bonds is 4. The number of aromatic nitrogens is 1. The predicted octanol–water partition coefficient (Wildman–Crippen LogP) is 4.29.